The number of nitrogens with zero attached hydrogens (tertiary/aromatic N) is 10. The first-order chi connectivity index (χ1) is 34.3. The van der Waals surface area contributed by atoms with Crippen LogP contribution in [0.1, 0.15) is 57.6 Å². The van der Waals surface area contributed by atoms with Gasteiger partial charge in [-0.1, -0.05) is 34.7 Å². The van der Waals surface area contributed by atoms with Crippen LogP contribution >= 0.6 is 0 Å². The Morgan fingerprint density at radius 1 is 0.620 bits per heavy atom. The van der Waals surface area contributed by atoms with E-state index in [0.717, 1.165) is 54.0 Å². The van der Waals surface area contributed by atoms with Gasteiger partial charge in [-0.15, -0.1) is 10.2 Å². The van der Waals surface area contributed by atoms with E-state index in [1.807, 2.05) is 57.2 Å². The summed E-state index contributed by atoms with van der Waals surface area (Å²) in [5.74, 6) is 0.154. The molecule has 71 heavy (non-hydrogen) atoms. The van der Waals surface area contributed by atoms with Gasteiger partial charge in [-0.05, 0) is 137 Å². The van der Waals surface area contributed by atoms with E-state index < -0.39 is 23.6 Å². The Labute approximate surface area is 407 Å². The molecule has 22 nitrogen and oxygen atoms in total. The van der Waals surface area contributed by atoms with Crippen molar-refractivity contribution in [3.8, 4) is 22.9 Å². The van der Waals surface area contributed by atoms with Crippen molar-refractivity contribution >= 4 is 63.6 Å². The van der Waals surface area contributed by atoms with Crippen molar-refractivity contribution in [2.24, 2.45) is 5.73 Å². The van der Waals surface area contributed by atoms with Crippen LogP contribution in [0.25, 0.3) is 33.7 Å². The standard InChI is InChI=1S/C27H31N7O5.C22H23N7O3/c1-27(2,3)39-26(37)28-15-4-5-18-6-8-19(9-7-18)30-25-29-17-22-24(31-25)34(33-32-22)20-10-12-21(13-11-20)38-16-14-23(35)36;23-12-1-2-15-3-5-16(6-4-15)25-22-24-14-19-21(26-22)29(28-27-19)17-7-9-18(10-8-17)32-13-11-20(30)31/h6-13,17H,4-5,14-16H2,1-3H3,(H,28,37)(H,35,36)(H,29,30,31);3-10,14H,1-2,11-13,23H2,(H,30,31)(H,24,25,26). The third-order valence-electron chi connectivity index (χ3n) is 10.1. The predicted molar refractivity (Wildman–Crippen MR) is 264 cm³/mol. The Balaban J connectivity index is 0.000000213. The van der Waals surface area contributed by atoms with Crippen molar-refractivity contribution in [3.63, 3.8) is 0 Å². The van der Waals surface area contributed by atoms with Crippen molar-refractivity contribution < 1.29 is 38.8 Å². The van der Waals surface area contributed by atoms with Crippen LogP contribution in [0.4, 0.5) is 28.1 Å². The van der Waals surface area contributed by atoms with Crippen LogP contribution in [0.3, 0.4) is 0 Å². The normalized spacial score (nSPS) is 11.1. The number of rotatable bonds is 21. The van der Waals surface area contributed by atoms with Gasteiger partial charge in [-0.3, -0.25) is 9.59 Å². The minimum atomic E-state index is -0.912. The van der Waals surface area contributed by atoms with E-state index >= 15 is 0 Å². The lowest BCUT2D eigenvalue weighted by atomic mass is 10.1. The highest BCUT2D eigenvalue weighted by Crippen LogP contribution is 2.23. The number of carboxylic acids is 2. The zero-order chi connectivity index (χ0) is 50.2. The number of aromatic nitrogens is 10. The molecule has 0 aliphatic carbocycles. The number of aryl methyl sites for hydroxylation is 2. The smallest absolute Gasteiger partial charge is 0.407 e. The molecule has 4 heterocycles. The summed E-state index contributed by atoms with van der Waals surface area (Å²) in [6.07, 6.45) is 6.19. The Morgan fingerprint density at radius 3 is 1.46 bits per heavy atom. The molecule has 22 heteroatoms. The maximum atomic E-state index is 11.7. The van der Waals surface area contributed by atoms with Gasteiger partial charge in [-0.25, -0.2) is 14.8 Å². The molecule has 8 aromatic rings. The number of aliphatic carboxylic acids is 2. The lowest BCUT2D eigenvalue weighted by molar-refractivity contribution is -0.138. The van der Waals surface area contributed by atoms with Crippen LogP contribution < -0.4 is 31.2 Å². The van der Waals surface area contributed by atoms with E-state index in [2.05, 4.69) is 68.6 Å². The van der Waals surface area contributed by atoms with Crippen molar-refractivity contribution in [2.75, 3.05) is 36.9 Å². The summed E-state index contributed by atoms with van der Waals surface area (Å²) in [6, 6.07) is 30.2. The van der Waals surface area contributed by atoms with Gasteiger partial charge < -0.3 is 46.1 Å². The zero-order valence-electron chi connectivity index (χ0n) is 39.4. The number of alkyl carbamates (subject to hydrolysis) is 1. The molecule has 4 aromatic carbocycles. The first kappa shape index (κ1) is 50.1. The van der Waals surface area contributed by atoms with Gasteiger partial charge >= 0.3 is 18.0 Å². The van der Waals surface area contributed by atoms with Gasteiger partial charge in [0.15, 0.2) is 22.3 Å². The largest absolute Gasteiger partial charge is 0.493 e. The molecule has 1 amide bonds. The summed E-state index contributed by atoms with van der Waals surface area (Å²) in [7, 11) is 0. The number of carbonyl (C=O) groups is 3. The van der Waals surface area contributed by atoms with Gasteiger partial charge in [0.2, 0.25) is 11.9 Å². The van der Waals surface area contributed by atoms with E-state index in [9.17, 15) is 14.4 Å². The summed E-state index contributed by atoms with van der Waals surface area (Å²) < 4.78 is 19.3. The van der Waals surface area contributed by atoms with Gasteiger partial charge in [0, 0.05) is 17.9 Å². The molecule has 0 atom stereocenters. The van der Waals surface area contributed by atoms with Crippen LogP contribution in [0.2, 0.25) is 0 Å². The van der Waals surface area contributed by atoms with Crippen molar-refractivity contribution in [1.82, 2.24) is 55.2 Å². The Hall–Kier alpha value is -8.79. The van der Waals surface area contributed by atoms with Crippen molar-refractivity contribution in [2.45, 2.75) is 64.9 Å². The molecule has 0 radical (unpaired) electrons. The molecule has 0 saturated heterocycles. The van der Waals surface area contributed by atoms with Crippen LogP contribution in [-0.2, 0) is 27.2 Å². The minimum absolute atomic E-state index is 0.0570. The summed E-state index contributed by atoms with van der Waals surface area (Å²) in [5, 5.41) is 43.2. The van der Waals surface area contributed by atoms with Gasteiger partial charge in [0.05, 0.1) is 49.8 Å². The second-order valence-corrected chi connectivity index (χ2v) is 16.8. The zero-order valence-corrected chi connectivity index (χ0v) is 39.4. The molecule has 0 fully saturated rings. The van der Waals surface area contributed by atoms with E-state index in [0.29, 0.717) is 58.8 Å². The highest BCUT2D eigenvalue weighted by molar-refractivity contribution is 5.74. The minimum Gasteiger partial charge on any atom is -0.493 e. The second kappa shape index (κ2) is 24.0. The Kier molecular flexibility index (Phi) is 16.9. The summed E-state index contributed by atoms with van der Waals surface area (Å²) >= 11 is 0. The molecule has 0 bridgehead atoms. The maximum Gasteiger partial charge on any atom is 0.407 e. The van der Waals surface area contributed by atoms with Crippen LogP contribution in [0.5, 0.6) is 11.5 Å². The monoisotopic (exact) mass is 966 g/mol. The van der Waals surface area contributed by atoms with E-state index in [4.69, 9.17) is 30.2 Å². The highest BCUT2D eigenvalue weighted by atomic mass is 16.6. The quantitative estimate of drug-likeness (QED) is 0.0396. The molecule has 0 aliphatic heterocycles. The van der Waals surface area contributed by atoms with Crippen LogP contribution in [0.15, 0.2) is 109 Å². The van der Waals surface area contributed by atoms with Crippen molar-refractivity contribution in [3.05, 3.63) is 121 Å². The number of nitrogens with one attached hydrogen (secondary N) is 3. The number of ether oxygens (including phenoxy) is 3. The summed E-state index contributed by atoms with van der Waals surface area (Å²) in [5.41, 5.74) is 12.8. The lowest BCUT2D eigenvalue weighted by Gasteiger charge is -2.19. The molecule has 0 aliphatic rings. The maximum absolute atomic E-state index is 11.7. The third-order valence-corrected chi connectivity index (χ3v) is 10.1. The molecule has 368 valence electrons. The molecule has 8 rings (SSSR count). The molecular weight excluding hydrogens is 913 g/mol. The third kappa shape index (κ3) is 15.1. The van der Waals surface area contributed by atoms with E-state index in [1.54, 1.807) is 70.3 Å². The van der Waals surface area contributed by atoms with Crippen LogP contribution in [0, 0.1) is 0 Å². The van der Waals surface area contributed by atoms with Crippen LogP contribution in [-0.4, -0.2) is 110 Å². The molecule has 0 spiro atoms. The number of benzene rings is 4. The fourth-order valence-corrected chi connectivity index (χ4v) is 6.68. The first-order valence-electron chi connectivity index (χ1n) is 22.7. The number of hydrogen-bond donors (Lipinski definition) is 6. The van der Waals surface area contributed by atoms with E-state index in [-0.39, 0.29) is 26.1 Å². The Bertz CT molecular complexity index is 3010. The molecular formula is C49H54N14O8. The number of hydrogen-bond acceptors (Lipinski definition) is 17. The second-order valence-electron chi connectivity index (χ2n) is 16.8. The summed E-state index contributed by atoms with van der Waals surface area (Å²) in [6.45, 7) is 6.91. The summed E-state index contributed by atoms with van der Waals surface area (Å²) in [4.78, 5) is 50.8. The van der Waals surface area contributed by atoms with E-state index in [1.165, 1.54) is 5.56 Å². The average molecular weight is 967 g/mol. The van der Waals surface area contributed by atoms with Gasteiger partial charge in [-0.2, -0.15) is 19.3 Å². The Morgan fingerprint density at radius 2 is 1.06 bits per heavy atom. The fraction of sp³-hybridized carbons (Fsp3) is 0.286. The van der Waals surface area contributed by atoms with Crippen molar-refractivity contribution in [1.29, 1.82) is 0 Å². The number of fused-ring (bicyclic) bond motifs is 2. The number of anilines is 4. The molecule has 4 aromatic heterocycles. The predicted octanol–water partition coefficient (Wildman–Crippen LogP) is 6.96. The number of amides is 1. The SMILES string of the molecule is CC(C)(C)OC(=O)NCCCc1ccc(Nc2ncc3nnn(-c4ccc(OCCC(=O)O)cc4)c3n2)cc1.NCCCc1ccc(Nc2ncc3nnn(-c4ccc(OCCC(=O)O)cc4)c3n2)cc1. The highest BCUT2D eigenvalue weighted by Gasteiger charge is 2.16. The average Bonchev–Trinajstić information content (AvgIpc) is 3.97. The molecule has 7 N–H and O–H groups in total. The number of nitrogens with two attached hydrogens (primary N) is 1. The molecule has 0 saturated carbocycles. The fourth-order valence-electron chi connectivity index (χ4n) is 6.68. The number of carboxylic acid groups (broad SMARTS) is 2. The lowest BCUT2D eigenvalue weighted by Crippen LogP contribution is -2.33. The topological polar surface area (TPSA) is 294 Å². The van der Waals surface area contributed by atoms with Gasteiger partial charge in [0.25, 0.3) is 0 Å². The number of carbonyl (C=O) groups excluding carboxylic acids is 1. The van der Waals surface area contributed by atoms with Gasteiger partial charge in [0.1, 0.15) is 17.1 Å². The first-order valence-corrected chi connectivity index (χ1v) is 22.7. The molecule has 0 unspecified atom stereocenters.